The number of benzene rings is 1. The highest BCUT2D eigenvalue weighted by Gasteiger charge is 2.18. The lowest BCUT2D eigenvalue weighted by Crippen LogP contribution is -2.33. The highest BCUT2D eigenvalue weighted by Crippen LogP contribution is 2.15. The molecular formula is C14H18ClNO3. The molecule has 1 aromatic rings. The van der Waals surface area contributed by atoms with Crippen LogP contribution in [-0.4, -0.2) is 23.5 Å². The van der Waals surface area contributed by atoms with Gasteiger partial charge in [0.05, 0.1) is 5.92 Å². The van der Waals surface area contributed by atoms with Gasteiger partial charge >= 0.3 is 5.97 Å². The zero-order valence-corrected chi connectivity index (χ0v) is 11.8. The third kappa shape index (κ3) is 4.56. The Balaban J connectivity index is 2.66. The first kappa shape index (κ1) is 15.5. The number of amides is 1. The molecule has 0 radical (unpaired) electrons. The minimum Gasteiger partial charge on any atom is -0.481 e. The molecule has 2 N–H and O–H groups in total. The number of halogens is 1. The fourth-order valence-corrected chi connectivity index (χ4v) is 2.08. The van der Waals surface area contributed by atoms with Crippen LogP contribution in [0.15, 0.2) is 18.2 Å². The number of aliphatic carboxylic acids is 1. The first-order valence-electron chi connectivity index (χ1n) is 6.22. The first-order chi connectivity index (χ1) is 8.95. The van der Waals surface area contributed by atoms with Crippen molar-refractivity contribution >= 4 is 23.5 Å². The molecular weight excluding hydrogens is 266 g/mol. The maximum Gasteiger partial charge on any atom is 0.308 e. The van der Waals surface area contributed by atoms with Crippen molar-refractivity contribution < 1.29 is 14.7 Å². The number of rotatable bonds is 6. The number of carboxylic acid groups (broad SMARTS) is 1. The highest BCUT2D eigenvalue weighted by molar-refractivity contribution is 6.30. The molecule has 0 aliphatic rings. The Labute approximate surface area is 117 Å². The van der Waals surface area contributed by atoms with Crippen molar-refractivity contribution in [1.29, 1.82) is 0 Å². The van der Waals surface area contributed by atoms with E-state index < -0.39 is 11.9 Å². The zero-order chi connectivity index (χ0) is 14.4. The normalized spacial score (nSPS) is 11.9. The lowest BCUT2D eigenvalue weighted by molar-refractivity contribution is -0.141. The lowest BCUT2D eigenvalue weighted by Gasteiger charge is -2.13. The summed E-state index contributed by atoms with van der Waals surface area (Å²) in [5.74, 6) is -1.69. The minimum absolute atomic E-state index is 0.143. The van der Waals surface area contributed by atoms with Crippen molar-refractivity contribution in [2.24, 2.45) is 5.92 Å². The van der Waals surface area contributed by atoms with Crippen molar-refractivity contribution in [3.63, 3.8) is 0 Å². The van der Waals surface area contributed by atoms with Crippen LogP contribution in [0.4, 0.5) is 0 Å². The maximum absolute atomic E-state index is 12.0. The van der Waals surface area contributed by atoms with Crippen LogP contribution < -0.4 is 5.32 Å². The number of carboxylic acids is 1. The molecule has 0 aliphatic carbocycles. The molecule has 5 heteroatoms. The van der Waals surface area contributed by atoms with Crippen LogP contribution in [0, 0.1) is 12.8 Å². The van der Waals surface area contributed by atoms with E-state index in [1.54, 1.807) is 25.1 Å². The van der Waals surface area contributed by atoms with Gasteiger partial charge in [0, 0.05) is 17.1 Å². The van der Waals surface area contributed by atoms with Crippen LogP contribution in [0.3, 0.4) is 0 Å². The van der Waals surface area contributed by atoms with Gasteiger partial charge in [-0.1, -0.05) is 24.9 Å². The topological polar surface area (TPSA) is 66.4 Å². The van der Waals surface area contributed by atoms with Crippen molar-refractivity contribution in [3.8, 4) is 0 Å². The Morgan fingerprint density at radius 2 is 2.11 bits per heavy atom. The van der Waals surface area contributed by atoms with Gasteiger partial charge in [0.1, 0.15) is 0 Å². The van der Waals surface area contributed by atoms with Gasteiger partial charge in [-0.25, -0.2) is 0 Å². The van der Waals surface area contributed by atoms with Gasteiger partial charge in [0.2, 0.25) is 0 Å². The molecule has 0 aliphatic heterocycles. The van der Waals surface area contributed by atoms with E-state index in [9.17, 15) is 9.59 Å². The largest absolute Gasteiger partial charge is 0.481 e. The van der Waals surface area contributed by atoms with E-state index in [1.807, 2.05) is 6.92 Å². The molecule has 4 nitrogen and oxygen atoms in total. The molecule has 0 fully saturated rings. The zero-order valence-electron chi connectivity index (χ0n) is 11.1. The summed E-state index contributed by atoms with van der Waals surface area (Å²) in [4.78, 5) is 22.9. The van der Waals surface area contributed by atoms with Crippen LogP contribution in [0.5, 0.6) is 0 Å². The monoisotopic (exact) mass is 283 g/mol. The number of nitrogens with one attached hydrogen (secondary N) is 1. The average molecular weight is 284 g/mol. The number of carbonyl (C=O) groups is 2. The molecule has 1 amide bonds. The quantitative estimate of drug-likeness (QED) is 0.843. The second-order valence-corrected chi connectivity index (χ2v) is 4.93. The minimum atomic E-state index is -0.880. The van der Waals surface area contributed by atoms with E-state index >= 15 is 0 Å². The molecule has 104 valence electrons. The van der Waals surface area contributed by atoms with Gasteiger partial charge in [-0.15, -0.1) is 0 Å². The molecule has 19 heavy (non-hydrogen) atoms. The van der Waals surface area contributed by atoms with Gasteiger partial charge in [0.15, 0.2) is 0 Å². The second kappa shape index (κ2) is 7.14. The molecule has 1 unspecified atom stereocenters. The van der Waals surface area contributed by atoms with Crippen molar-refractivity contribution in [1.82, 2.24) is 5.32 Å². The predicted octanol–water partition coefficient (Wildman–Crippen LogP) is 2.88. The summed E-state index contributed by atoms with van der Waals surface area (Å²) >= 11 is 5.82. The summed E-state index contributed by atoms with van der Waals surface area (Å²) in [5.41, 5.74) is 1.29. The van der Waals surface area contributed by atoms with Crippen LogP contribution in [0.25, 0.3) is 0 Å². The Kier molecular flexibility index (Phi) is 5.83. The highest BCUT2D eigenvalue weighted by atomic mass is 35.5. The van der Waals surface area contributed by atoms with Crippen LogP contribution >= 0.6 is 11.6 Å². The van der Waals surface area contributed by atoms with E-state index in [-0.39, 0.29) is 12.5 Å². The summed E-state index contributed by atoms with van der Waals surface area (Å²) in [6.45, 7) is 3.85. The van der Waals surface area contributed by atoms with Gasteiger partial charge in [-0.2, -0.15) is 0 Å². The van der Waals surface area contributed by atoms with Crippen molar-refractivity contribution in [3.05, 3.63) is 34.3 Å². The van der Waals surface area contributed by atoms with Crippen LogP contribution in [0.1, 0.15) is 35.7 Å². The summed E-state index contributed by atoms with van der Waals surface area (Å²) in [6, 6.07) is 4.99. The number of carbonyl (C=O) groups excluding carboxylic acids is 1. The molecule has 0 spiro atoms. The Bertz CT molecular complexity index is 474. The summed E-state index contributed by atoms with van der Waals surface area (Å²) in [6.07, 6.45) is 1.32. The van der Waals surface area contributed by atoms with E-state index in [2.05, 4.69) is 5.32 Å². The summed E-state index contributed by atoms with van der Waals surface area (Å²) < 4.78 is 0. The average Bonchev–Trinajstić information content (AvgIpc) is 2.33. The van der Waals surface area contributed by atoms with E-state index in [1.165, 1.54) is 0 Å². The summed E-state index contributed by atoms with van der Waals surface area (Å²) in [5, 5.41) is 12.2. The van der Waals surface area contributed by atoms with E-state index in [0.29, 0.717) is 17.0 Å². The molecule has 0 bridgehead atoms. The van der Waals surface area contributed by atoms with E-state index in [0.717, 1.165) is 12.0 Å². The van der Waals surface area contributed by atoms with Crippen molar-refractivity contribution in [2.75, 3.05) is 6.54 Å². The molecule has 0 heterocycles. The molecule has 1 rings (SSSR count). The Morgan fingerprint density at radius 3 is 2.63 bits per heavy atom. The number of hydrogen-bond donors (Lipinski definition) is 2. The molecule has 1 atom stereocenters. The molecule has 1 aromatic carbocycles. The van der Waals surface area contributed by atoms with Crippen molar-refractivity contribution in [2.45, 2.75) is 26.7 Å². The lowest BCUT2D eigenvalue weighted by atomic mass is 10.0. The molecule has 0 saturated carbocycles. The molecule has 0 aromatic heterocycles. The Hall–Kier alpha value is -1.55. The third-order valence-corrected chi connectivity index (χ3v) is 3.16. The Morgan fingerprint density at radius 1 is 1.42 bits per heavy atom. The fraction of sp³-hybridized carbons (Fsp3) is 0.429. The second-order valence-electron chi connectivity index (χ2n) is 4.49. The first-order valence-corrected chi connectivity index (χ1v) is 6.60. The van der Waals surface area contributed by atoms with Crippen LogP contribution in [-0.2, 0) is 4.79 Å². The molecule has 0 saturated heterocycles. The summed E-state index contributed by atoms with van der Waals surface area (Å²) in [7, 11) is 0. The van der Waals surface area contributed by atoms with Gasteiger partial charge < -0.3 is 10.4 Å². The smallest absolute Gasteiger partial charge is 0.308 e. The third-order valence-electron chi connectivity index (χ3n) is 2.93. The SMILES string of the molecule is CCCC(CNC(=O)c1ccc(Cl)cc1C)C(=O)O. The van der Waals surface area contributed by atoms with Gasteiger partial charge in [-0.05, 0) is 37.1 Å². The van der Waals surface area contributed by atoms with Gasteiger partial charge in [0.25, 0.3) is 5.91 Å². The van der Waals surface area contributed by atoms with Crippen LogP contribution in [0.2, 0.25) is 5.02 Å². The van der Waals surface area contributed by atoms with E-state index in [4.69, 9.17) is 16.7 Å². The fourth-order valence-electron chi connectivity index (χ4n) is 1.85. The number of aryl methyl sites for hydroxylation is 1. The number of hydrogen-bond acceptors (Lipinski definition) is 2. The van der Waals surface area contributed by atoms with Gasteiger partial charge in [-0.3, -0.25) is 9.59 Å². The standard InChI is InChI=1S/C14H18ClNO3/c1-3-4-10(14(18)19)8-16-13(17)12-6-5-11(15)7-9(12)2/h5-7,10H,3-4,8H2,1-2H3,(H,16,17)(H,18,19). The predicted molar refractivity (Wildman–Crippen MR) is 74.6 cm³/mol. The maximum atomic E-state index is 12.0.